The van der Waals surface area contributed by atoms with Crippen LogP contribution in [0.15, 0.2) is 30.3 Å². The molecule has 0 spiro atoms. The summed E-state index contributed by atoms with van der Waals surface area (Å²) >= 11 is 0. The summed E-state index contributed by atoms with van der Waals surface area (Å²) < 4.78 is 0. The first-order chi connectivity index (χ1) is 9.16. The molecule has 19 heavy (non-hydrogen) atoms. The van der Waals surface area contributed by atoms with E-state index in [1.165, 1.54) is 5.56 Å². The van der Waals surface area contributed by atoms with E-state index in [9.17, 15) is 9.90 Å². The third-order valence-electron chi connectivity index (χ3n) is 3.68. The summed E-state index contributed by atoms with van der Waals surface area (Å²) in [6.07, 6.45) is 2.56. The maximum Gasteiger partial charge on any atom is 0.239 e. The van der Waals surface area contributed by atoms with Crippen LogP contribution in [0.2, 0.25) is 0 Å². The van der Waals surface area contributed by atoms with E-state index in [2.05, 4.69) is 12.1 Å². The minimum absolute atomic E-state index is 0.0165. The monoisotopic (exact) mass is 262 g/mol. The second-order valence-corrected chi connectivity index (χ2v) is 5.19. The first-order valence-electron chi connectivity index (χ1n) is 6.93. The van der Waals surface area contributed by atoms with Gasteiger partial charge in [-0.15, -0.1) is 0 Å². The quantitative estimate of drug-likeness (QED) is 0.848. The number of aliphatic hydroxyl groups is 1. The molecule has 1 aliphatic heterocycles. The van der Waals surface area contributed by atoms with Crippen LogP contribution in [0.25, 0.3) is 0 Å². The molecule has 0 aliphatic carbocycles. The number of rotatable bonds is 4. The van der Waals surface area contributed by atoms with Crippen LogP contribution in [-0.2, 0) is 11.2 Å². The predicted octanol–water partition coefficient (Wildman–Crippen LogP) is 0.930. The van der Waals surface area contributed by atoms with Gasteiger partial charge < -0.3 is 15.7 Å². The minimum Gasteiger partial charge on any atom is -0.393 e. The van der Waals surface area contributed by atoms with Crippen LogP contribution in [0.1, 0.15) is 24.8 Å². The molecule has 1 aliphatic rings. The summed E-state index contributed by atoms with van der Waals surface area (Å²) in [6.45, 7) is 1.25. The van der Waals surface area contributed by atoms with E-state index in [4.69, 9.17) is 5.73 Å². The number of amides is 1. The van der Waals surface area contributed by atoms with Crippen LogP contribution < -0.4 is 5.73 Å². The van der Waals surface area contributed by atoms with E-state index in [0.717, 1.165) is 6.42 Å². The molecule has 3 N–H and O–H groups in total. The van der Waals surface area contributed by atoms with Crippen LogP contribution in [0.4, 0.5) is 0 Å². The summed E-state index contributed by atoms with van der Waals surface area (Å²) in [7, 11) is 0. The molecule has 0 saturated carbocycles. The van der Waals surface area contributed by atoms with Gasteiger partial charge in [-0.2, -0.15) is 0 Å². The first kappa shape index (κ1) is 14.0. The van der Waals surface area contributed by atoms with Gasteiger partial charge in [0.2, 0.25) is 5.91 Å². The standard InChI is InChI=1S/C15H22N2O2/c16-14(7-6-12-4-2-1-3-5-12)15(19)17-10-8-13(18)9-11-17/h1-5,13-14,18H,6-11,16H2/t14-/m0/s1. The highest BCUT2D eigenvalue weighted by atomic mass is 16.3. The number of piperidine rings is 1. The third kappa shape index (κ3) is 4.04. The molecule has 1 fully saturated rings. The molecule has 1 saturated heterocycles. The molecule has 1 atom stereocenters. The molecule has 1 heterocycles. The van der Waals surface area contributed by atoms with E-state index in [1.54, 1.807) is 4.90 Å². The number of aliphatic hydroxyl groups excluding tert-OH is 1. The Hall–Kier alpha value is -1.39. The average molecular weight is 262 g/mol. The Morgan fingerprint density at radius 2 is 1.95 bits per heavy atom. The van der Waals surface area contributed by atoms with Crippen LogP contribution >= 0.6 is 0 Å². The molecule has 0 radical (unpaired) electrons. The van der Waals surface area contributed by atoms with Gasteiger partial charge in [-0.1, -0.05) is 30.3 Å². The fourth-order valence-corrected chi connectivity index (χ4v) is 2.41. The molecule has 1 aromatic carbocycles. The SMILES string of the molecule is N[C@@H](CCc1ccccc1)C(=O)N1CCC(O)CC1. The van der Waals surface area contributed by atoms with Crippen molar-refractivity contribution in [3.8, 4) is 0 Å². The van der Waals surface area contributed by atoms with E-state index >= 15 is 0 Å². The van der Waals surface area contributed by atoms with Crippen molar-refractivity contribution in [2.45, 2.75) is 37.8 Å². The van der Waals surface area contributed by atoms with Crippen LogP contribution in [-0.4, -0.2) is 41.1 Å². The van der Waals surface area contributed by atoms with Crippen LogP contribution in [0.5, 0.6) is 0 Å². The Morgan fingerprint density at radius 1 is 1.32 bits per heavy atom. The molecule has 4 nitrogen and oxygen atoms in total. The molecular formula is C15H22N2O2. The minimum atomic E-state index is -0.435. The summed E-state index contributed by atoms with van der Waals surface area (Å²) in [4.78, 5) is 13.9. The van der Waals surface area contributed by atoms with Crippen molar-refractivity contribution < 1.29 is 9.90 Å². The van der Waals surface area contributed by atoms with E-state index in [1.807, 2.05) is 18.2 Å². The lowest BCUT2D eigenvalue weighted by atomic mass is 10.0. The van der Waals surface area contributed by atoms with Crippen molar-refractivity contribution in [3.05, 3.63) is 35.9 Å². The maximum absolute atomic E-state index is 12.1. The summed E-state index contributed by atoms with van der Waals surface area (Å²) in [5.74, 6) is 0.0165. The maximum atomic E-state index is 12.1. The number of benzene rings is 1. The fourth-order valence-electron chi connectivity index (χ4n) is 2.41. The number of nitrogens with zero attached hydrogens (tertiary/aromatic N) is 1. The Bertz CT molecular complexity index is 400. The van der Waals surface area contributed by atoms with Crippen molar-refractivity contribution >= 4 is 5.91 Å². The highest BCUT2D eigenvalue weighted by Gasteiger charge is 2.25. The van der Waals surface area contributed by atoms with Crippen molar-refractivity contribution in [3.63, 3.8) is 0 Å². The van der Waals surface area contributed by atoms with E-state index < -0.39 is 6.04 Å². The van der Waals surface area contributed by atoms with Gasteiger partial charge in [0.05, 0.1) is 12.1 Å². The zero-order valence-electron chi connectivity index (χ0n) is 11.2. The zero-order chi connectivity index (χ0) is 13.7. The summed E-state index contributed by atoms with van der Waals surface area (Å²) in [5.41, 5.74) is 7.19. The van der Waals surface area contributed by atoms with Crippen molar-refractivity contribution in [2.75, 3.05) is 13.1 Å². The zero-order valence-corrected chi connectivity index (χ0v) is 11.2. The lowest BCUT2D eigenvalue weighted by molar-refractivity contribution is -0.134. The molecule has 4 heteroatoms. The van der Waals surface area contributed by atoms with Crippen LogP contribution in [0, 0.1) is 0 Å². The van der Waals surface area contributed by atoms with Crippen molar-refractivity contribution in [2.24, 2.45) is 5.73 Å². The number of aryl methyl sites for hydroxylation is 1. The largest absolute Gasteiger partial charge is 0.393 e. The Kier molecular flexibility index (Phi) is 4.93. The number of hydrogen-bond donors (Lipinski definition) is 2. The Labute approximate surface area is 114 Å². The topological polar surface area (TPSA) is 66.6 Å². The molecular weight excluding hydrogens is 240 g/mol. The van der Waals surface area contributed by atoms with Crippen molar-refractivity contribution in [1.82, 2.24) is 4.90 Å². The van der Waals surface area contributed by atoms with Crippen LogP contribution in [0.3, 0.4) is 0 Å². The van der Waals surface area contributed by atoms with Gasteiger partial charge in [0.25, 0.3) is 0 Å². The van der Waals surface area contributed by atoms with Gasteiger partial charge in [0.1, 0.15) is 0 Å². The fraction of sp³-hybridized carbons (Fsp3) is 0.533. The average Bonchev–Trinajstić information content (AvgIpc) is 2.46. The molecule has 0 bridgehead atoms. The smallest absolute Gasteiger partial charge is 0.239 e. The second-order valence-electron chi connectivity index (χ2n) is 5.19. The number of likely N-dealkylation sites (tertiary alicyclic amines) is 1. The normalized spacial score (nSPS) is 18.3. The Morgan fingerprint density at radius 3 is 2.58 bits per heavy atom. The van der Waals surface area contributed by atoms with Gasteiger partial charge in [-0.25, -0.2) is 0 Å². The summed E-state index contributed by atoms with van der Waals surface area (Å²) in [5, 5.41) is 9.43. The highest BCUT2D eigenvalue weighted by molar-refractivity contribution is 5.81. The van der Waals surface area contributed by atoms with Gasteiger partial charge in [-0.05, 0) is 31.2 Å². The Balaban J connectivity index is 1.79. The molecule has 104 valence electrons. The molecule has 2 rings (SSSR count). The van der Waals surface area contributed by atoms with Gasteiger partial charge in [0, 0.05) is 13.1 Å². The molecule has 0 unspecified atom stereocenters. The lowest BCUT2D eigenvalue weighted by Gasteiger charge is -2.31. The van der Waals surface area contributed by atoms with Crippen molar-refractivity contribution in [1.29, 1.82) is 0 Å². The molecule has 1 aromatic rings. The van der Waals surface area contributed by atoms with Gasteiger partial charge in [-0.3, -0.25) is 4.79 Å². The number of hydrogen-bond acceptors (Lipinski definition) is 3. The number of nitrogens with two attached hydrogens (primary N) is 1. The first-order valence-corrected chi connectivity index (χ1v) is 6.93. The summed E-state index contributed by atoms with van der Waals surface area (Å²) in [6, 6.07) is 9.63. The predicted molar refractivity (Wildman–Crippen MR) is 74.6 cm³/mol. The number of carbonyl (C=O) groups is 1. The third-order valence-corrected chi connectivity index (χ3v) is 3.68. The van der Waals surface area contributed by atoms with E-state index in [0.29, 0.717) is 32.4 Å². The van der Waals surface area contributed by atoms with E-state index in [-0.39, 0.29) is 12.0 Å². The molecule has 1 amide bonds. The lowest BCUT2D eigenvalue weighted by Crippen LogP contribution is -2.48. The number of carbonyl (C=O) groups excluding carboxylic acids is 1. The molecule has 0 aromatic heterocycles. The second kappa shape index (κ2) is 6.68. The highest BCUT2D eigenvalue weighted by Crippen LogP contribution is 2.12. The van der Waals surface area contributed by atoms with Gasteiger partial charge in [0.15, 0.2) is 0 Å². The van der Waals surface area contributed by atoms with Gasteiger partial charge >= 0.3 is 0 Å².